The van der Waals surface area contributed by atoms with E-state index in [0.717, 1.165) is 5.56 Å². The van der Waals surface area contributed by atoms with E-state index in [4.69, 9.17) is 4.21 Å². The second kappa shape index (κ2) is 15.1. The topological polar surface area (TPSA) is 20.2 Å². The molecule has 2 heteroatoms. The minimum atomic E-state index is -2.36. The number of phenols is 1. The SMILES string of the molecule is CC(C)(C)c1ccc(O)c(C(C)(C)C)c1.[CH2]=[Zr]([CH]1C(C)=Cc2c(-c3cccc4ccccc34)cccc21)[CH]1C(C)=Cc2c(-c3cccc4ccccc34)cccc21. The molecule has 2 unspecified atom stereocenters. The van der Waals surface area contributed by atoms with E-state index in [0.29, 0.717) is 13.0 Å². The van der Waals surface area contributed by atoms with Crippen molar-refractivity contribution in [3.8, 4) is 28.0 Å². The summed E-state index contributed by atoms with van der Waals surface area (Å²) in [4.78, 5) is 0. The molecule has 7 aromatic rings. The zero-order chi connectivity index (χ0) is 40.2. The van der Waals surface area contributed by atoms with E-state index in [1.807, 2.05) is 6.07 Å². The Kier molecular flexibility index (Phi) is 10.3. The van der Waals surface area contributed by atoms with Gasteiger partial charge in [-0.2, -0.15) is 0 Å². The maximum absolute atomic E-state index is 9.84. The molecule has 0 amide bonds. The summed E-state index contributed by atoms with van der Waals surface area (Å²) >= 11 is -2.36. The third-order valence-corrected chi connectivity index (χ3v) is 19.5. The predicted molar refractivity (Wildman–Crippen MR) is 244 cm³/mol. The maximum atomic E-state index is 9.84. The van der Waals surface area contributed by atoms with Gasteiger partial charge >= 0.3 is 257 Å². The molecule has 2 aliphatic rings. The molecular weight excluding hydrogens is 768 g/mol. The normalized spacial score (nSPS) is 16.1. The Bertz CT molecular complexity index is 2600. The van der Waals surface area contributed by atoms with E-state index in [-0.39, 0.29) is 10.8 Å². The van der Waals surface area contributed by atoms with Crippen molar-refractivity contribution in [3.63, 3.8) is 0 Å². The monoisotopic (exact) mass is 820 g/mol. The van der Waals surface area contributed by atoms with Gasteiger partial charge in [-0.3, -0.25) is 0 Å². The van der Waals surface area contributed by atoms with Crippen LogP contribution in [0.1, 0.15) is 96.0 Å². The van der Waals surface area contributed by atoms with Gasteiger partial charge in [0.2, 0.25) is 0 Å². The van der Waals surface area contributed by atoms with Gasteiger partial charge in [-0.25, -0.2) is 0 Å². The molecule has 0 fully saturated rings. The van der Waals surface area contributed by atoms with Crippen LogP contribution in [0.25, 0.3) is 56.0 Å². The molecule has 1 nitrogen and oxygen atoms in total. The first-order valence-corrected chi connectivity index (χ1v) is 24.9. The van der Waals surface area contributed by atoms with Crippen LogP contribution in [0.4, 0.5) is 0 Å². The van der Waals surface area contributed by atoms with Gasteiger partial charge in [-0.1, -0.05) is 53.7 Å². The van der Waals surface area contributed by atoms with Crippen LogP contribution in [-0.4, -0.2) is 9.32 Å². The van der Waals surface area contributed by atoms with Crippen LogP contribution in [-0.2, 0) is 32.1 Å². The molecule has 0 saturated heterocycles. The molecule has 0 radical (unpaired) electrons. The molecule has 0 saturated carbocycles. The summed E-state index contributed by atoms with van der Waals surface area (Å²) < 4.78 is 6.06. The van der Waals surface area contributed by atoms with Gasteiger partial charge in [0.1, 0.15) is 5.75 Å². The van der Waals surface area contributed by atoms with Crippen molar-refractivity contribution in [3.05, 3.63) is 184 Å². The van der Waals surface area contributed by atoms with Gasteiger partial charge in [0.15, 0.2) is 0 Å². The molecule has 0 aromatic heterocycles. The Hall–Kier alpha value is -4.91. The van der Waals surface area contributed by atoms with Crippen LogP contribution in [0, 0.1) is 0 Å². The third-order valence-electron chi connectivity index (χ3n) is 12.1. The first-order chi connectivity index (χ1) is 27.2. The molecule has 2 aliphatic carbocycles. The Morgan fingerprint density at radius 2 is 0.912 bits per heavy atom. The molecule has 7 aromatic carbocycles. The van der Waals surface area contributed by atoms with Crippen molar-refractivity contribution < 1.29 is 26.4 Å². The van der Waals surface area contributed by atoms with E-state index in [2.05, 4.69) is 195 Å². The first kappa shape index (κ1) is 38.9. The summed E-state index contributed by atoms with van der Waals surface area (Å²) in [6, 6.07) is 50.8. The van der Waals surface area contributed by atoms with Crippen LogP contribution < -0.4 is 0 Å². The van der Waals surface area contributed by atoms with E-state index >= 15 is 0 Å². The number of phenolic OH excluding ortho intramolecular Hbond substituents is 1. The van der Waals surface area contributed by atoms with Crippen molar-refractivity contribution in [2.24, 2.45) is 0 Å². The van der Waals surface area contributed by atoms with Crippen LogP contribution in [0.2, 0.25) is 0 Å². The number of hydrogen-bond donors (Lipinski definition) is 1. The molecular formula is C55H54OZr. The van der Waals surface area contributed by atoms with E-state index in [1.165, 1.54) is 82.8 Å². The van der Waals surface area contributed by atoms with Gasteiger partial charge in [-0.05, 0) is 28.0 Å². The molecule has 0 heterocycles. The summed E-state index contributed by atoms with van der Waals surface area (Å²) in [6.45, 7) is 17.6. The summed E-state index contributed by atoms with van der Waals surface area (Å²) in [5.41, 5.74) is 16.5. The Labute approximate surface area is 347 Å². The van der Waals surface area contributed by atoms with Gasteiger partial charge in [0.25, 0.3) is 0 Å². The van der Waals surface area contributed by atoms with Gasteiger partial charge in [-0.15, -0.1) is 0 Å². The summed E-state index contributed by atoms with van der Waals surface area (Å²) in [7, 11) is 0. The van der Waals surface area contributed by atoms with Crippen molar-refractivity contribution in [1.29, 1.82) is 0 Å². The van der Waals surface area contributed by atoms with Crippen LogP contribution in [0.3, 0.4) is 0 Å². The second-order valence-electron chi connectivity index (χ2n) is 18.1. The number of aromatic hydroxyl groups is 1. The zero-order valence-corrected chi connectivity index (χ0v) is 37.2. The summed E-state index contributed by atoms with van der Waals surface area (Å²) in [5.74, 6) is 0.399. The fourth-order valence-electron chi connectivity index (χ4n) is 9.25. The average Bonchev–Trinajstić information content (AvgIpc) is 3.72. The molecule has 2 atom stereocenters. The molecule has 0 aliphatic heterocycles. The number of allylic oxidation sites excluding steroid dienone is 2. The standard InChI is InChI=1S/2C20H15.C14H22O.CH2.Zr/c2*1-14-12-16-8-5-11-19(20(16)13-14)18-10-4-7-15-6-2-3-9-17(15)18;1-13(2,3)10-7-8-12(15)11(9-10)14(4,5)6;;/h2*2-13H,1H3;7-9,15H,1-6H3;1H2;. The molecule has 57 heavy (non-hydrogen) atoms. The fraction of sp³-hybridized carbons (Fsp3) is 0.218. The van der Waals surface area contributed by atoms with Gasteiger partial charge < -0.3 is 5.11 Å². The Morgan fingerprint density at radius 1 is 0.491 bits per heavy atom. The average molecular weight is 822 g/mol. The number of fused-ring (bicyclic) bond motifs is 4. The van der Waals surface area contributed by atoms with E-state index < -0.39 is 21.3 Å². The molecule has 9 rings (SSSR count). The molecule has 0 spiro atoms. The summed E-state index contributed by atoms with van der Waals surface area (Å²) in [6.07, 6.45) is 4.95. The van der Waals surface area contributed by atoms with Crippen molar-refractivity contribution in [2.75, 3.05) is 0 Å². The second-order valence-corrected chi connectivity index (χ2v) is 23.8. The zero-order valence-electron chi connectivity index (χ0n) is 34.7. The van der Waals surface area contributed by atoms with Gasteiger partial charge in [0.05, 0.1) is 0 Å². The van der Waals surface area contributed by atoms with Gasteiger partial charge in [0, 0.05) is 0 Å². The number of benzene rings is 7. The van der Waals surface area contributed by atoms with Crippen LogP contribution >= 0.6 is 0 Å². The van der Waals surface area contributed by atoms with Crippen LogP contribution in [0.15, 0.2) is 151 Å². The molecule has 1 N–H and O–H groups in total. The quantitative estimate of drug-likeness (QED) is 0.188. The van der Waals surface area contributed by atoms with E-state index in [1.54, 1.807) is 6.07 Å². The van der Waals surface area contributed by atoms with Crippen molar-refractivity contribution >= 4 is 37.9 Å². The number of hydrogen-bond acceptors (Lipinski definition) is 1. The molecule has 0 bridgehead atoms. The summed E-state index contributed by atoms with van der Waals surface area (Å²) in [5, 5.41) is 15.1. The Balaban J connectivity index is 0.000000258. The third kappa shape index (κ3) is 7.28. The minimum absolute atomic E-state index is 0.00859. The first-order valence-electron chi connectivity index (χ1n) is 20.3. The van der Waals surface area contributed by atoms with Crippen molar-refractivity contribution in [2.45, 2.75) is 73.5 Å². The fourth-order valence-corrected chi connectivity index (χ4v) is 16.6. The number of rotatable bonds is 4. The Morgan fingerprint density at radius 3 is 1.37 bits per heavy atom. The van der Waals surface area contributed by atoms with Crippen LogP contribution in [0.5, 0.6) is 5.75 Å². The predicted octanol–water partition coefficient (Wildman–Crippen LogP) is 15.0. The molecule has 284 valence electrons. The van der Waals surface area contributed by atoms with Crippen molar-refractivity contribution in [1.82, 2.24) is 0 Å². The van der Waals surface area contributed by atoms with E-state index in [9.17, 15) is 5.11 Å².